The van der Waals surface area contributed by atoms with Crippen LogP contribution in [0.1, 0.15) is 24.8 Å². The van der Waals surface area contributed by atoms with Crippen molar-refractivity contribution in [2.45, 2.75) is 41.6 Å². The molecule has 2 aromatic carbocycles. The predicted molar refractivity (Wildman–Crippen MR) is 107 cm³/mol. The van der Waals surface area contributed by atoms with Crippen molar-refractivity contribution in [2.24, 2.45) is 0 Å². The normalized spacial score (nSPS) is 22.2. The number of rotatable bonds is 4. The third kappa shape index (κ3) is 3.80. The minimum absolute atomic E-state index is 0.0156. The van der Waals surface area contributed by atoms with Crippen LogP contribution in [0.3, 0.4) is 0 Å². The summed E-state index contributed by atoms with van der Waals surface area (Å²) in [7, 11) is -7.51. The SMILES string of the molecule is O=S1(=O)NC(Cc2ccccc2)Nc2ccc(S(=O)(=O)N3CCCCC3)cc21. The number of nitrogens with one attached hydrogen (secondary N) is 2. The lowest BCUT2D eigenvalue weighted by molar-refractivity contribution is 0.346. The Morgan fingerprint density at radius 2 is 1.71 bits per heavy atom. The molecule has 150 valence electrons. The lowest BCUT2D eigenvalue weighted by Crippen LogP contribution is -2.46. The first-order chi connectivity index (χ1) is 13.4. The Hall–Kier alpha value is -1.94. The van der Waals surface area contributed by atoms with Crippen molar-refractivity contribution in [3.05, 3.63) is 54.1 Å². The van der Waals surface area contributed by atoms with Crippen LogP contribution in [0.2, 0.25) is 0 Å². The van der Waals surface area contributed by atoms with Gasteiger partial charge in [0.1, 0.15) is 4.90 Å². The molecule has 1 fully saturated rings. The van der Waals surface area contributed by atoms with Crippen LogP contribution in [0.5, 0.6) is 0 Å². The highest BCUT2D eigenvalue weighted by atomic mass is 32.2. The van der Waals surface area contributed by atoms with Gasteiger partial charge < -0.3 is 5.32 Å². The van der Waals surface area contributed by atoms with Crippen molar-refractivity contribution < 1.29 is 16.8 Å². The molecular weight excluding hydrogens is 398 g/mol. The topological polar surface area (TPSA) is 95.6 Å². The first-order valence-electron chi connectivity index (χ1n) is 9.33. The van der Waals surface area contributed by atoms with E-state index in [0.29, 0.717) is 25.2 Å². The third-order valence-corrected chi connectivity index (χ3v) is 8.51. The average molecular weight is 422 g/mol. The fourth-order valence-corrected chi connectivity index (χ4v) is 6.63. The number of fused-ring (bicyclic) bond motifs is 1. The molecule has 0 spiro atoms. The van der Waals surface area contributed by atoms with Crippen molar-refractivity contribution >= 4 is 25.7 Å². The molecule has 2 aromatic rings. The molecule has 4 rings (SSSR count). The largest absolute Gasteiger partial charge is 0.368 e. The highest BCUT2D eigenvalue weighted by molar-refractivity contribution is 7.90. The Labute approximate surface area is 165 Å². The molecule has 1 unspecified atom stereocenters. The molecule has 0 bridgehead atoms. The summed E-state index contributed by atoms with van der Waals surface area (Å²) in [5.41, 5.74) is 1.41. The number of sulfonamides is 2. The fraction of sp³-hybridized carbons (Fsp3) is 0.368. The Bertz CT molecular complexity index is 1060. The van der Waals surface area contributed by atoms with E-state index in [9.17, 15) is 16.8 Å². The van der Waals surface area contributed by atoms with Gasteiger partial charge in [-0.25, -0.2) is 16.8 Å². The molecule has 0 saturated carbocycles. The van der Waals surface area contributed by atoms with E-state index in [1.54, 1.807) is 6.07 Å². The van der Waals surface area contributed by atoms with Gasteiger partial charge in [-0.2, -0.15) is 9.03 Å². The summed E-state index contributed by atoms with van der Waals surface area (Å²) in [6, 6.07) is 13.9. The van der Waals surface area contributed by atoms with E-state index >= 15 is 0 Å². The molecule has 2 heterocycles. The maximum atomic E-state index is 12.9. The summed E-state index contributed by atoms with van der Waals surface area (Å²) in [5, 5.41) is 3.16. The molecule has 0 aromatic heterocycles. The second-order valence-corrected chi connectivity index (χ2v) is 10.8. The molecule has 7 nitrogen and oxygen atoms in total. The second kappa shape index (κ2) is 7.47. The summed E-state index contributed by atoms with van der Waals surface area (Å²) in [4.78, 5) is -0.0169. The van der Waals surface area contributed by atoms with E-state index in [1.165, 1.54) is 16.4 Å². The lowest BCUT2D eigenvalue weighted by atomic mass is 10.1. The number of nitrogens with zero attached hydrogens (tertiary/aromatic N) is 1. The Kier molecular flexibility index (Phi) is 5.17. The number of anilines is 1. The zero-order chi connectivity index (χ0) is 19.8. The molecule has 28 heavy (non-hydrogen) atoms. The number of hydrogen-bond donors (Lipinski definition) is 2. The molecular formula is C19H23N3O4S2. The maximum Gasteiger partial charge on any atom is 0.244 e. The van der Waals surface area contributed by atoms with Crippen LogP contribution in [0.4, 0.5) is 5.69 Å². The minimum Gasteiger partial charge on any atom is -0.368 e. The monoisotopic (exact) mass is 421 g/mol. The summed E-state index contributed by atoms with van der Waals surface area (Å²) < 4.78 is 55.3. The standard InChI is InChI=1S/C19H23N3O4S2/c23-27(24)18-14-16(28(25,26)22-11-5-2-6-12-22)9-10-17(18)20-19(21-27)13-15-7-3-1-4-8-15/h1,3-4,7-10,14,19-21H,2,5-6,11-13H2. The van der Waals surface area contributed by atoms with Crippen LogP contribution in [0.25, 0.3) is 0 Å². The van der Waals surface area contributed by atoms with Gasteiger partial charge >= 0.3 is 0 Å². The van der Waals surface area contributed by atoms with Gasteiger partial charge in [0, 0.05) is 19.5 Å². The van der Waals surface area contributed by atoms with Crippen molar-refractivity contribution in [1.29, 1.82) is 0 Å². The first-order valence-corrected chi connectivity index (χ1v) is 12.3. The van der Waals surface area contributed by atoms with E-state index in [-0.39, 0.29) is 9.79 Å². The van der Waals surface area contributed by atoms with E-state index in [2.05, 4.69) is 10.0 Å². The molecule has 1 saturated heterocycles. The first kappa shape index (κ1) is 19.4. The van der Waals surface area contributed by atoms with Gasteiger partial charge in [-0.1, -0.05) is 36.8 Å². The molecule has 0 aliphatic carbocycles. The quantitative estimate of drug-likeness (QED) is 0.789. The van der Waals surface area contributed by atoms with Gasteiger partial charge in [0.25, 0.3) is 0 Å². The zero-order valence-electron chi connectivity index (χ0n) is 15.3. The fourth-order valence-electron chi connectivity index (χ4n) is 3.67. The summed E-state index contributed by atoms with van der Waals surface area (Å²) in [6.45, 7) is 0.948. The lowest BCUT2D eigenvalue weighted by Gasteiger charge is -2.29. The number of piperidine rings is 1. The number of benzene rings is 2. The summed E-state index contributed by atoms with van der Waals surface area (Å²) >= 11 is 0. The molecule has 1 atom stereocenters. The molecule has 9 heteroatoms. The van der Waals surface area contributed by atoms with Crippen molar-refractivity contribution in [3.8, 4) is 0 Å². The smallest absolute Gasteiger partial charge is 0.244 e. The van der Waals surface area contributed by atoms with Crippen molar-refractivity contribution in [2.75, 3.05) is 18.4 Å². The Morgan fingerprint density at radius 3 is 2.43 bits per heavy atom. The van der Waals surface area contributed by atoms with Gasteiger partial charge in [-0.3, -0.25) is 0 Å². The molecule has 0 radical (unpaired) electrons. The highest BCUT2D eigenvalue weighted by Gasteiger charge is 2.32. The average Bonchev–Trinajstić information content (AvgIpc) is 2.69. The number of hydrogen-bond acceptors (Lipinski definition) is 5. The van der Waals surface area contributed by atoms with Crippen molar-refractivity contribution in [3.63, 3.8) is 0 Å². The zero-order valence-corrected chi connectivity index (χ0v) is 17.0. The van der Waals surface area contributed by atoms with Crippen LogP contribution in [-0.4, -0.2) is 40.4 Å². The van der Waals surface area contributed by atoms with Gasteiger partial charge in [-0.05, 0) is 36.6 Å². The summed E-state index contributed by atoms with van der Waals surface area (Å²) in [5.74, 6) is 0. The van der Waals surface area contributed by atoms with Gasteiger partial charge in [0.2, 0.25) is 20.0 Å². The predicted octanol–water partition coefficient (Wildman–Crippen LogP) is 2.13. The third-order valence-electron chi connectivity index (χ3n) is 5.11. The van der Waals surface area contributed by atoms with Gasteiger partial charge in [-0.15, -0.1) is 0 Å². The Morgan fingerprint density at radius 1 is 1.00 bits per heavy atom. The maximum absolute atomic E-state index is 12.9. The molecule has 2 aliphatic heterocycles. The highest BCUT2D eigenvalue weighted by Crippen LogP contribution is 2.31. The second-order valence-electron chi connectivity index (χ2n) is 7.13. The molecule has 0 amide bonds. The van der Waals surface area contributed by atoms with E-state index < -0.39 is 26.2 Å². The molecule has 2 aliphatic rings. The van der Waals surface area contributed by atoms with E-state index in [4.69, 9.17) is 0 Å². The van der Waals surface area contributed by atoms with Crippen LogP contribution in [0.15, 0.2) is 58.3 Å². The van der Waals surface area contributed by atoms with Gasteiger partial charge in [0.15, 0.2) is 0 Å². The van der Waals surface area contributed by atoms with Crippen LogP contribution in [0, 0.1) is 0 Å². The van der Waals surface area contributed by atoms with Crippen molar-refractivity contribution in [1.82, 2.24) is 9.03 Å². The van der Waals surface area contributed by atoms with E-state index in [0.717, 1.165) is 24.8 Å². The van der Waals surface area contributed by atoms with Crippen LogP contribution in [-0.2, 0) is 26.5 Å². The van der Waals surface area contributed by atoms with E-state index in [1.807, 2.05) is 30.3 Å². The van der Waals surface area contributed by atoms with Crippen LogP contribution >= 0.6 is 0 Å². The van der Waals surface area contributed by atoms with Crippen LogP contribution < -0.4 is 10.0 Å². The molecule has 2 N–H and O–H groups in total. The Balaban J connectivity index is 1.63. The minimum atomic E-state index is -3.82. The van der Waals surface area contributed by atoms with Gasteiger partial charge in [0.05, 0.1) is 16.7 Å². The summed E-state index contributed by atoms with van der Waals surface area (Å²) in [6.07, 6.45) is 2.65.